The highest BCUT2D eigenvalue weighted by Crippen LogP contribution is 2.32. The van der Waals surface area contributed by atoms with Crippen molar-refractivity contribution in [1.82, 2.24) is 24.8 Å². The molecule has 0 saturated carbocycles. The van der Waals surface area contributed by atoms with Crippen molar-refractivity contribution in [2.45, 2.75) is 37.9 Å². The number of benzene rings is 1. The average molecular weight is 447 g/mol. The lowest BCUT2D eigenvalue weighted by Crippen LogP contribution is -2.42. The summed E-state index contributed by atoms with van der Waals surface area (Å²) in [5.74, 6) is 5.46. The fourth-order valence-corrected chi connectivity index (χ4v) is 3.49. The zero-order chi connectivity index (χ0) is 23.5. The van der Waals surface area contributed by atoms with Gasteiger partial charge in [-0.3, -0.25) is 9.36 Å². The molecule has 168 valence electrons. The van der Waals surface area contributed by atoms with E-state index in [-0.39, 0.29) is 22.8 Å². The van der Waals surface area contributed by atoms with Crippen molar-refractivity contribution < 1.29 is 19.7 Å². The molecule has 1 aliphatic rings. The number of aliphatic hydroxyl groups excluding tert-OH is 2. The minimum Gasteiger partial charge on any atom is -0.387 e. The van der Waals surface area contributed by atoms with E-state index in [0.717, 1.165) is 5.56 Å². The SMILES string of the molecule is CCNC(=O)[C@H]1OC(n2cnc3c(N)nc(C#Cc4ccc(CC#N)cc4)nc32)[C@H](O)[C@@H]1O. The number of nitrogen functional groups attached to an aromatic ring is 1. The topological polar surface area (TPSA) is 172 Å². The molecule has 0 bridgehead atoms. The van der Waals surface area contributed by atoms with Gasteiger partial charge in [0, 0.05) is 12.1 Å². The number of hydrogen-bond acceptors (Lipinski definition) is 9. The first-order valence-corrected chi connectivity index (χ1v) is 10.2. The second kappa shape index (κ2) is 9.22. The summed E-state index contributed by atoms with van der Waals surface area (Å²) in [6.45, 7) is 2.09. The third-order valence-electron chi connectivity index (χ3n) is 5.13. The second-order valence-corrected chi connectivity index (χ2v) is 7.36. The van der Waals surface area contributed by atoms with Crippen LogP contribution in [0.4, 0.5) is 5.82 Å². The van der Waals surface area contributed by atoms with Crippen LogP contribution in [-0.2, 0) is 16.0 Å². The number of aliphatic hydroxyl groups is 2. The van der Waals surface area contributed by atoms with Gasteiger partial charge in [0.25, 0.3) is 5.91 Å². The summed E-state index contributed by atoms with van der Waals surface area (Å²) in [6.07, 6.45) is -3.51. The van der Waals surface area contributed by atoms with E-state index in [9.17, 15) is 15.0 Å². The van der Waals surface area contributed by atoms with E-state index in [4.69, 9.17) is 15.7 Å². The number of amides is 1. The molecule has 3 heterocycles. The number of nitrogens with two attached hydrogens (primary N) is 1. The van der Waals surface area contributed by atoms with Crippen LogP contribution in [0.3, 0.4) is 0 Å². The van der Waals surface area contributed by atoms with Crippen molar-refractivity contribution >= 4 is 22.9 Å². The average Bonchev–Trinajstić information content (AvgIpc) is 3.35. The van der Waals surface area contributed by atoms with Crippen molar-refractivity contribution in [3.05, 3.63) is 47.5 Å². The molecule has 11 nitrogen and oxygen atoms in total. The molecule has 1 unspecified atom stereocenters. The van der Waals surface area contributed by atoms with Gasteiger partial charge in [0.15, 0.2) is 23.8 Å². The number of imidazole rings is 1. The van der Waals surface area contributed by atoms with Crippen LogP contribution in [0.2, 0.25) is 0 Å². The Morgan fingerprint density at radius 2 is 2.00 bits per heavy atom. The Bertz CT molecular complexity index is 1290. The molecule has 4 atom stereocenters. The molecule has 0 radical (unpaired) electrons. The van der Waals surface area contributed by atoms with Gasteiger partial charge in [0.1, 0.15) is 17.7 Å². The van der Waals surface area contributed by atoms with Crippen LogP contribution in [0.1, 0.15) is 30.1 Å². The number of carbonyl (C=O) groups is 1. The Morgan fingerprint density at radius 1 is 1.24 bits per heavy atom. The van der Waals surface area contributed by atoms with Crippen molar-refractivity contribution in [1.29, 1.82) is 5.26 Å². The molecule has 0 spiro atoms. The number of ether oxygens (including phenoxy) is 1. The number of rotatable bonds is 4. The first-order valence-electron chi connectivity index (χ1n) is 10.2. The van der Waals surface area contributed by atoms with E-state index in [1.54, 1.807) is 19.1 Å². The van der Waals surface area contributed by atoms with Crippen LogP contribution in [0.5, 0.6) is 0 Å². The summed E-state index contributed by atoms with van der Waals surface area (Å²) in [5, 5.41) is 32.1. The quantitative estimate of drug-likeness (QED) is 0.389. The van der Waals surface area contributed by atoms with Gasteiger partial charge < -0.3 is 26.0 Å². The molecule has 11 heteroatoms. The first kappa shape index (κ1) is 22.2. The Morgan fingerprint density at radius 3 is 2.70 bits per heavy atom. The molecule has 0 aliphatic carbocycles. The summed E-state index contributed by atoms with van der Waals surface area (Å²) in [6, 6.07) is 9.30. The zero-order valence-corrected chi connectivity index (χ0v) is 17.6. The van der Waals surface area contributed by atoms with Crippen LogP contribution < -0.4 is 11.1 Å². The standard InChI is InChI=1S/C22H21N7O4/c1-2-25-21(32)18-16(30)17(31)22(33-18)29-11-26-15-19(24)27-14(28-20(15)29)8-7-12-3-5-13(6-4-12)9-10-23/h3-6,11,16-18,22,30-31H,2,9H2,1H3,(H,25,32)(H2,24,27,28)/t16-,17+,18-,22?/m0/s1. The van der Waals surface area contributed by atoms with Gasteiger partial charge in [-0.2, -0.15) is 5.26 Å². The molecule has 1 saturated heterocycles. The summed E-state index contributed by atoms with van der Waals surface area (Å²) in [5.41, 5.74) is 8.13. The largest absolute Gasteiger partial charge is 0.387 e. The number of anilines is 1. The van der Waals surface area contributed by atoms with Crippen LogP contribution >= 0.6 is 0 Å². The number of nitriles is 1. The number of fused-ring (bicyclic) bond motifs is 1. The summed E-state index contributed by atoms with van der Waals surface area (Å²) < 4.78 is 7.03. The maximum absolute atomic E-state index is 12.2. The lowest BCUT2D eigenvalue weighted by Gasteiger charge is -2.16. The molecule has 33 heavy (non-hydrogen) atoms. The highest BCUT2D eigenvalue weighted by molar-refractivity contribution is 5.83. The smallest absolute Gasteiger partial charge is 0.252 e. The second-order valence-electron chi connectivity index (χ2n) is 7.36. The van der Waals surface area contributed by atoms with E-state index in [1.807, 2.05) is 12.1 Å². The van der Waals surface area contributed by atoms with Crippen molar-refractivity contribution in [2.24, 2.45) is 0 Å². The minimum atomic E-state index is -1.43. The van der Waals surface area contributed by atoms with Crippen LogP contribution in [-0.4, -0.2) is 60.5 Å². The van der Waals surface area contributed by atoms with Gasteiger partial charge in [-0.15, -0.1) is 0 Å². The lowest BCUT2D eigenvalue weighted by molar-refractivity contribution is -0.137. The third-order valence-corrected chi connectivity index (χ3v) is 5.13. The van der Waals surface area contributed by atoms with Crippen molar-refractivity contribution in [3.63, 3.8) is 0 Å². The van der Waals surface area contributed by atoms with Crippen LogP contribution in [0.15, 0.2) is 30.6 Å². The molecular formula is C22H21N7O4. The van der Waals surface area contributed by atoms with E-state index >= 15 is 0 Å². The Hall–Kier alpha value is -4.03. The Kier molecular flexibility index (Phi) is 6.20. The van der Waals surface area contributed by atoms with E-state index in [1.165, 1.54) is 10.9 Å². The van der Waals surface area contributed by atoms with Crippen molar-refractivity contribution in [2.75, 3.05) is 12.3 Å². The zero-order valence-electron chi connectivity index (χ0n) is 17.6. The molecule has 1 aliphatic heterocycles. The Balaban J connectivity index is 1.65. The summed E-state index contributed by atoms with van der Waals surface area (Å²) >= 11 is 0. The van der Waals surface area contributed by atoms with E-state index in [0.29, 0.717) is 18.5 Å². The van der Waals surface area contributed by atoms with Gasteiger partial charge in [0.2, 0.25) is 5.82 Å². The van der Waals surface area contributed by atoms with Gasteiger partial charge in [0.05, 0.1) is 18.8 Å². The highest BCUT2D eigenvalue weighted by atomic mass is 16.6. The fraction of sp³-hybridized carbons (Fsp3) is 0.318. The maximum atomic E-state index is 12.2. The van der Waals surface area contributed by atoms with Gasteiger partial charge in [-0.1, -0.05) is 18.1 Å². The summed E-state index contributed by atoms with van der Waals surface area (Å²) in [4.78, 5) is 24.9. The van der Waals surface area contributed by atoms with Crippen LogP contribution in [0.25, 0.3) is 11.2 Å². The molecular weight excluding hydrogens is 426 g/mol. The molecule has 1 fully saturated rings. The number of carbonyl (C=O) groups excluding carboxylic acids is 1. The molecule has 1 amide bonds. The van der Waals surface area contributed by atoms with E-state index in [2.05, 4.69) is 38.2 Å². The third kappa shape index (κ3) is 4.33. The highest BCUT2D eigenvalue weighted by Gasteiger charge is 2.47. The van der Waals surface area contributed by atoms with Crippen molar-refractivity contribution in [3.8, 4) is 17.9 Å². The number of likely N-dealkylation sites (N-methyl/N-ethyl adjacent to an activating group) is 1. The maximum Gasteiger partial charge on any atom is 0.252 e. The number of hydrogen-bond donors (Lipinski definition) is 4. The van der Waals surface area contributed by atoms with Gasteiger partial charge in [-0.25, -0.2) is 15.0 Å². The fourth-order valence-electron chi connectivity index (χ4n) is 3.49. The predicted octanol–water partition coefficient (Wildman–Crippen LogP) is -0.370. The molecule has 1 aromatic carbocycles. The Labute approximate surface area is 188 Å². The first-order chi connectivity index (χ1) is 15.9. The molecule has 3 aromatic rings. The number of nitrogens with one attached hydrogen (secondary N) is 1. The van der Waals surface area contributed by atoms with Crippen LogP contribution in [0, 0.1) is 23.2 Å². The predicted molar refractivity (Wildman–Crippen MR) is 116 cm³/mol. The number of nitrogens with zero attached hydrogens (tertiary/aromatic N) is 5. The monoisotopic (exact) mass is 447 g/mol. The lowest BCUT2D eigenvalue weighted by atomic mass is 10.1. The number of aromatic nitrogens is 4. The summed E-state index contributed by atoms with van der Waals surface area (Å²) in [7, 11) is 0. The molecule has 4 rings (SSSR count). The van der Waals surface area contributed by atoms with Gasteiger partial charge >= 0.3 is 0 Å². The normalized spacial score (nSPS) is 21.9. The minimum absolute atomic E-state index is 0.0840. The molecule has 5 N–H and O–H groups in total. The molecule has 2 aromatic heterocycles. The van der Waals surface area contributed by atoms with Gasteiger partial charge in [-0.05, 0) is 30.5 Å². The van der Waals surface area contributed by atoms with E-state index < -0.39 is 30.4 Å².